The molecular weight excluding hydrogens is 150 g/mol. The quantitative estimate of drug-likeness (QED) is 0.577. The summed E-state index contributed by atoms with van der Waals surface area (Å²) in [6.45, 7) is 2.89. The van der Waals surface area contributed by atoms with Crippen LogP contribution in [0.3, 0.4) is 0 Å². The molecule has 0 aromatic carbocycles. The van der Waals surface area contributed by atoms with Crippen LogP contribution in [0.5, 0.6) is 0 Å². The van der Waals surface area contributed by atoms with E-state index in [1.807, 2.05) is 11.6 Å². The molecular formula is C9H11N3. The van der Waals surface area contributed by atoms with E-state index in [1.54, 1.807) is 0 Å². The molecule has 0 unspecified atom stereocenters. The minimum atomic E-state index is 0.801. The SMILES string of the molecule is Cc1nn2c(c1C#N)CCCC2. The Balaban J connectivity index is 2.56. The van der Waals surface area contributed by atoms with Gasteiger partial charge < -0.3 is 0 Å². The van der Waals surface area contributed by atoms with Gasteiger partial charge in [0.25, 0.3) is 0 Å². The molecule has 2 heterocycles. The summed E-state index contributed by atoms with van der Waals surface area (Å²) in [6, 6.07) is 2.22. The zero-order valence-electron chi connectivity index (χ0n) is 7.17. The smallest absolute Gasteiger partial charge is 0.103 e. The van der Waals surface area contributed by atoms with Gasteiger partial charge in [-0.15, -0.1) is 0 Å². The third-order valence-corrected chi connectivity index (χ3v) is 2.38. The zero-order valence-corrected chi connectivity index (χ0v) is 7.17. The molecule has 3 nitrogen and oxygen atoms in total. The Labute approximate surface area is 71.6 Å². The molecule has 0 amide bonds. The van der Waals surface area contributed by atoms with Gasteiger partial charge in [0.1, 0.15) is 6.07 Å². The molecule has 0 fully saturated rings. The van der Waals surface area contributed by atoms with Crippen LogP contribution in [0.15, 0.2) is 0 Å². The topological polar surface area (TPSA) is 41.6 Å². The summed E-state index contributed by atoms with van der Waals surface area (Å²) in [5.41, 5.74) is 2.82. The highest BCUT2D eigenvalue weighted by Gasteiger charge is 2.17. The summed E-state index contributed by atoms with van der Waals surface area (Å²) in [4.78, 5) is 0. The molecule has 1 aliphatic heterocycles. The van der Waals surface area contributed by atoms with Crippen LogP contribution in [0.4, 0.5) is 0 Å². The molecule has 0 N–H and O–H groups in total. The van der Waals surface area contributed by atoms with E-state index in [-0.39, 0.29) is 0 Å². The van der Waals surface area contributed by atoms with Crippen LogP contribution in [0, 0.1) is 18.3 Å². The minimum Gasteiger partial charge on any atom is -0.268 e. The third kappa shape index (κ3) is 0.918. The van der Waals surface area contributed by atoms with Crippen molar-refractivity contribution in [2.75, 3.05) is 0 Å². The molecule has 1 aromatic rings. The predicted molar refractivity (Wildman–Crippen MR) is 44.6 cm³/mol. The monoisotopic (exact) mass is 161 g/mol. The van der Waals surface area contributed by atoms with E-state index in [9.17, 15) is 0 Å². The van der Waals surface area contributed by atoms with Crippen LogP contribution in [0.25, 0.3) is 0 Å². The average molecular weight is 161 g/mol. The Kier molecular flexibility index (Phi) is 1.61. The summed E-state index contributed by atoms with van der Waals surface area (Å²) < 4.78 is 1.98. The minimum absolute atomic E-state index is 0.801. The van der Waals surface area contributed by atoms with E-state index in [0.717, 1.165) is 29.9 Å². The van der Waals surface area contributed by atoms with Crippen molar-refractivity contribution in [1.82, 2.24) is 9.78 Å². The lowest BCUT2D eigenvalue weighted by molar-refractivity contribution is 0.484. The number of hydrogen-bond donors (Lipinski definition) is 0. The highest BCUT2D eigenvalue weighted by Crippen LogP contribution is 2.19. The number of aryl methyl sites for hydroxylation is 2. The van der Waals surface area contributed by atoms with Gasteiger partial charge in [-0.1, -0.05) is 0 Å². The van der Waals surface area contributed by atoms with Gasteiger partial charge >= 0.3 is 0 Å². The van der Waals surface area contributed by atoms with E-state index < -0.39 is 0 Å². The maximum absolute atomic E-state index is 8.86. The molecule has 0 bridgehead atoms. The Hall–Kier alpha value is -1.30. The van der Waals surface area contributed by atoms with Crippen LogP contribution in [0.1, 0.15) is 29.8 Å². The highest BCUT2D eigenvalue weighted by molar-refractivity contribution is 5.38. The van der Waals surface area contributed by atoms with Crippen molar-refractivity contribution in [3.05, 3.63) is 17.0 Å². The van der Waals surface area contributed by atoms with Gasteiger partial charge in [-0.05, 0) is 26.2 Å². The van der Waals surface area contributed by atoms with Crippen LogP contribution >= 0.6 is 0 Å². The van der Waals surface area contributed by atoms with Crippen molar-refractivity contribution in [2.45, 2.75) is 32.7 Å². The molecule has 0 saturated carbocycles. The van der Waals surface area contributed by atoms with Gasteiger partial charge in [0.15, 0.2) is 0 Å². The summed E-state index contributed by atoms with van der Waals surface area (Å²) >= 11 is 0. The Morgan fingerprint density at radius 1 is 1.50 bits per heavy atom. The lowest BCUT2D eigenvalue weighted by atomic mass is 10.1. The van der Waals surface area contributed by atoms with Crippen molar-refractivity contribution >= 4 is 0 Å². The average Bonchev–Trinajstić information content (AvgIpc) is 2.40. The van der Waals surface area contributed by atoms with Gasteiger partial charge in [-0.25, -0.2) is 0 Å². The maximum atomic E-state index is 8.86. The Bertz CT molecular complexity index is 343. The van der Waals surface area contributed by atoms with Crippen LogP contribution < -0.4 is 0 Å². The van der Waals surface area contributed by atoms with Crippen LogP contribution in [-0.2, 0) is 13.0 Å². The molecule has 0 atom stereocenters. The van der Waals surface area contributed by atoms with E-state index in [0.29, 0.717) is 0 Å². The lowest BCUT2D eigenvalue weighted by Crippen LogP contribution is -2.11. The fraction of sp³-hybridized carbons (Fsp3) is 0.556. The molecule has 1 aliphatic rings. The predicted octanol–water partition coefficient (Wildman–Crippen LogP) is 1.40. The maximum Gasteiger partial charge on any atom is 0.103 e. The lowest BCUT2D eigenvalue weighted by Gasteiger charge is -2.12. The first kappa shape index (κ1) is 7.35. The highest BCUT2D eigenvalue weighted by atomic mass is 15.3. The number of fused-ring (bicyclic) bond motifs is 1. The van der Waals surface area contributed by atoms with Crippen molar-refractivity contribution in [3.8, 4) is 6.07 Å². The van der Waals surface area contributed by atoms with Gasteiger partial charge in [0.05, 0.1) is 17.0 Å². The van der Waals surface area contributed by atoms with Crippen molar-refractivity contribution in [1.29, 1.82) is 5.26 Å². The van der Waals surface area contributed by atoms with Crippen molar-refractivity contribution in [2.24, 2.45) is 0 Å². The first-order valence-corrected chi connectivity index (χ1v) is 4.29. The molecule has 0 spiro atoms. The molecule has 0 saturated heterocycles. The molecule has 0 aliphatic carbocycles. The fourth-order valence-corrected chi connectivity index (χ4v) is 1.77. The second-order valence-electron chi connectivity index (χ2n) is 3.20. The molecule has 12 heavy (non-hydrogen) atoms. The molecule has 0 radical (unpaired) electrons. The second kappa shape index (κ2) is 2.63. The number of rotatable bonds is 0. The zero-order chi connectivity index (χ0) is 8.55. The largest absolute Gasteiger partial charge is 0.268 e. The first-order valence-electron chi connectivity index (χ1n) is 4.29. The third-order valence-electron chi connectivity index (χ3n) is 2.38. The normalized spacial score (nSPS) is 15.3. The van der Waals surface area contributed by atoms with Crippen molar-refractivity contribution in [3.63, 3.8) is 0 Å². The Morgan fingerprint density at radius 3 is 3.08 bits per heavy atom. The van der Waals surface area contributed by atoms with Gasteiger partial charge in [-0.2, -0.15) is 10.4 Å². The van der Waals surface area contributed by atoms with Gasteiger partial charge in [0, 0.05) is 6.54 Å². The van der Waals surface area contributed by atoms with E-state index >= 15 is 0 Å². The number of hydrogen-bond acceptors (Lipinski definition) is 2. The first-order chi connectivity index (χ1) is 5.83. The summed E-state index contributed by atoms with van der Waals surface area (Å²) in [5, 5.41) is 13.2. The molecule has 62 valence electrons. The van der Waals surface area contributed by atoms with Crippen LogP contribution in [-0.4, -0.2) is 9.78 Å². The summed E-state index contributed by atoms with van der Waals surface area (Å²) in [7, 11) is 0. The van der Waals surface area contributed by atoms with E-state index in [1.165, 1.54) is 12.8 Å². The van der Waals surface area contributed by atoms with E-state index in [2.05, 4.69) is 11.2 Å². The van der Waals surface area contributed by atoms with Gasteiger partial charge in [-0.3, -0.25) is 4.68 Å². The van der Waals surface area contributed by atoms with E-state index in [4.69, 9.17) is 5.26 Å². The van der Waals surface area contributed by atoms with Gasteiger partial charge in [0.2, 0.25) is 0 Å². The van der Waals surface area contributed by atoms with Crippen molar-refractivity contribution < 1.29 is 0 Å². The van der Waals surface area contributed by atoms with Crippen LogP contribution in [0.2, 0.25) is 0 Å². The number of nitrogens with zero attached hydrogens (tertiary/aromatic N) is 3. The molecule has 3 heteroatoms. The summed E-state index contributed by atoms with van der Waals surface area (Å²) in [6.07, 6.45) is 3.41. The summed E-state index contributed by atoms with van der Waals surface area (Å²) in [5.74, 6) is 0. The fourth-order valence-electron chi connectivity index (χ4n) is 1.77. The molecule has 1 aromatic heterocycles. The number of nitriles is 1. The standard InChI is InChI=1S/C9H11N3/c1-7-8(6-10)9-4-2-3-5-12(9)11-7/h2-5H2,1H3. The molecule has 2 rings (SSSR count). The Morgan fingerprint density at radius 2 is 2.33 bits per heavy atom. The number of aromatic nitrogens is 2. The second-order valence-corrected chi connectivity index (χ2v) is 3.20.